The molecule has 1 N–H and O–H groups in total. The Bertz CT molecular complexity index is 940. The Morgan fingerprint density at radius 3 is 2.52 bits per heavy atom. The molecule has 1 unspecified atom stereocenters. The van der Waals surface area contributed by atoms with Crippen molar-refractivity contribution in [2.45, 2.75) is 64.5 Å². The topological polar surface area (TPSA) is 36.8 Å². The fraction of sp³-hybridized carbons (Fsp3) is 0.417. The third-order valence-electron chi connectivity index (χ3n) is 6.34. The highest BCUT2D eigenvalue weighted by molar-refractivity contribution is 6.59. The van der Waals surface area contributed by atoms with E-state index in [0.717, 1.165) is 24.3 Å². The van der Waals surface area contributed by atoms with Gasteiger partial charge in [0.15, 0.2) is 0 Å². The maximum Gasteiger partial charge on any atom is 0.116 e. The van der Waals surface area contributed by atoms with E-state index in [-0.39, 0.29) is 17.0 Å². The number of benzene rings is 1. The van der Waals surface area contributed by atoms with Gasteiger partial charge in [-0.2, -0.15) is 5.10 Å². The summed E-state index contributed by atoms with van der Waals surface area (Å²) in [5.41, 5.74) is 11.1. The molecule has 1 aromatic rings. The number of hydrogen-bond donors (Lipinski definition) is 1. The van der Waals surface area contributed by atoms with E-state index in [1.54, 1.807) is 0 Å². The summed E-state index contributed by atoms with van der Waals surface area (Å²) in [6.45, 7) is 15.1. The van der Waals surface area contributed by atoms with Crippen LogP contribution in [0.5, 0.6) is 0 Å². The second-order valence-electron chi connectivity index (χ2n) is 8.72. The standard InChI is InChI=1S/C24H29N3/c1-7-24(6)23(4,5)19-14-10-13-17-16-11-8-9-12-18(16)21(27-26-15(2)3)22(25-24)20(17)19/h7,10-15,26H,1,8-9H2,2-6H3/b27-21-. The number of hydrazone groups is 1. The molecule has 1 aliphatic heterocycles. The average molecular weight is 360 g/mol. The number of nitrogens with one attached hydrogen (secondary N) is 1. The van der Waals surface area contributed by atoms with Crippen molar-refractivity contribution in [3.8, 4) is 0 Å². The fourth-order valence-corrected chi connectivity index (χ4v) is 4.31. The molecular formula is C24H29N3. The van der Waals surface area contributed by atoms with Gasteiger partial charge in [0.2, 0.25) is 0 Å². The van der Waals surface area contributed by atoms with Crippen LogP contribution in [0.15, 0.2) is 58.7 Å². The van der Waals surface area contributed by atoms with Crippen molar-refractivity contribution in [2.75, 3.05) is 0 Å². The Morgan fingerprint density at radius 1 is 1.15 bits per heavy atom. The van der Waals surface area contributed by atoms with Crippen LogP contribution in [-0.4, -0.2) is 23.0 Å². The van der Waals surface area contributed by atoms with E-state index in [9.17, 15) is 0 Å². The van der Waals surface area contributed by atoms with Crippen molar-refractivity contribution >= 4 is 17.0 Å². The van der Waals surface area contributed by atoms with Gasteiger partial charge < -0.3 is 5.43 Å². The number of nitrogens with zero attached hydrogens (tertiary/aromatic N) is 2. The first-order chi connectivity index (χ1) is 12.8. The quantitative estimate of drug-likeness (QED) is 0.586. The van der Waals surface area contributed by atoms with Crippen LogP contribution >= 0.6 is 0 Å². The van der Waals surface area contributed by atoms with E-state index >= 15 is 0 Å². The summed E-state index contributed by atoms with van der Waals surface area (Å²) in [6, 6.07) is 6.95. The number of hydrogen-bond acceptors (Lipinski definition) is 3. The van der Waals surface area contributed by atoms with E-state index in [0.29, 0.717) is 0 Å². The van der Waals surface area contributed by atoms with Gasteiger partial charge in [-0.1, -0.05) is 50.3 Å². The molecule has 0 saturated heterocycles. The van der Waals surface area contributed by atoms with Gasteiger partial charge in [0, 0.05) is 22.6 Å². The van der Waals surface area contributed by atoms with Crippen LogP contribution in [0.25, 0.3) is 5.57 Å². The van der Waals surface area contributed by atoms with E-state index in [1.807, 2.05) is 6.08 Å². The van der Waals surface area contributed by atoms with Crippen LogP contribution in [0.4, 0.5) is 0 Å². The SMILES string of the molecule is C=CC1(C)N=C2/C(=N\NC(C)C)C3=CCCC=C3c3cccc(c32)C1(C)C. The van der Waals surface area contributed by atoms with Crippen LogP contribution in [0.3, 0.4) is 0 Å². The van der Waals surface area contributed by atoms with Crippen molar-refractivity contribution in [2.24, 2.45) is 10.1 Å². The molecular weight excluding hydrogens is 330 g/mol. The third kappa shape index (κ3) is 2.48. The predicted molar refractivity (Wildman–Crippen MR) is 116 cm³/mol. The number of allylic oxidation sites excluding steroid dienone is 4. The molecule has 1 aromatic carbocycles. The molecule has 1 atom stereocenters. The Hall–Kier alpha value is -2.42. The molecule has 27 heavy (non-hydrogen) atoms. The van der Waals surface area contributed by atoms with E-state index < -0.39 is 0 Å². The molecule has 3 nitrogen and oxygen atoms in total. The minimum absolute atomic E-state index is 0.142. The van der Waals surface area contributed by atoms with Crippen molar-refractivity contribution < 1.29 is 0 Å². The lowest BCUT2D eigenvalue weighted by molar-refractivity contribution is 0.342. The molecule has 2 aliphatic carbocycles. The summed E-state index contributed by atoms with van der Waals surface area (Å²) in [7, 11) is 0. The second-order valence-corrected chi connectivity index (χ2v) is 8.72. The summed E-state index contributed by atoms with van der Waals surface area (Å²) < 4.78 is 0. The maximum atomic E-state index is 5.27. The van der Waals surface area contributed by atoms with Crippen LogP contribution < -0.4 is 5.43 Å². The summed E-state index contributed by atoms with van der Waals surface area (Å²) in [4.78, 5) is 5.27. The Morgan fingerprint density at radius 2 is 1.85 bits per heavy atom. The highest BCUT2D eigenvalue weighted by Crippen LogP contribution is 2.49. The van der Waals surface area contributed by atoms with Gasteiger partial charge in [-0.3, -0.25) is 4.99 Å². The highest BCUT2D eigenvalue weighted by Gasteiger charge is 2.48. The van der Waals surface area contributed by atoms with Gasteiger partial charge in [-0.05, 0) is 50.3 Å². The summed E-state index contributed by atoms with van der Waals surface area (Å²) in [6.07, 6.45) is 8.80. The molecule has 4 rings (SSSR count). The molecule has 0 radical (unpaired) electrons. The molecule has 1 heterocycles. The van der Waals surface area contributed by atoms with Gasteiger partial charge in [0.1, 0.15) is 5.71 Å². The van der Waals surface area contributed by atoms with Crippen LogP contribution in [0.2, 0.25) is 0 Å². The van der Waals surface area contributed by atoms with Crippen molar-refractivity contribution in [3.05, 3.63) is 65.3 Å². The van der Waals surface area contributed by atoms with Gasteiger partial charge in [0.05, 0.1) is 11.3 Å². The zero-order chi connectivity index (χ0) is 19.4. The lowest BCUT2D eigenvalue weighted by atomic mass is 9.62. The minimum Gasteiger partial charge on any atom is -0.307 e. The minimum atomic E-state index is -0.386. The highest BCUT2D eigenvalue weighted by atomic mass is 15.3. The molecule has 0 spiro atoms. The van der Waals surface area contributed by atoms with Crippen molar-refractivity contribution in [1.29, 1.82) is 0 Å². The normalized spacial score (nSPS) is 26.6. The second kappa shape index (κ2) is 6.05. The van der Waals surface area contributed by atoms with Crippen molar-refractivity contribution in [3.63, 3.8) is 0 Å². The Balaban J connectivity index is 2.07. The van der Waals surface area contributed by atoms with Gasteiger partial charge >= 0.3 is 0 Å². The summed E-state index contributed by atoms with van der Waals surface area (Å²) >= 11 is 0. The lowest BCUT2D eigenvalue weighted by Crippen LogP contribution is -2.49. The van der Waals surface area contributed by atoms with Gasteiger partial charge in [-0.25, -0.2) is 0 Å². The van der Waals surface area contributed by atoms with Crippen molar-refractivity contribution in [1.82, 2.24) is 5.43 Å². The molecule has 3 aliphatic rings. The molecule has 0 amide bonds. The van der Waals surface area contributed by atoms with Crippen LogP contribution in [-0.2, 0) is 5.41 Å². The molecule has 0 aromatic heterocycles. The van der Waals surface area contributed by atoms with E-state index in [4.69, 9.17) is 10.1 Å². The molecule has 0 saturated carbocycles. The van der Waals surface area contributed by atoms with E-state index in [1.165, 1.54) is 27.8 Å². The summed E-state index contributed by atoms with van der Waals surface area (Å²) in [5.74, 6) is 0. The Kier molecular flexibility index (Phi) is 4.03. The number of aliphatic imine (C=N–C) groups is 1. The number of rotatable bonds is 3. The van der Waals surface area contributed by atoms with E-state index in [2.05, 4.69) is 77.0 Å². The molecule has 3 heteroatoms. The molecule has 0 fully saturated rings. The zero-order valence-electron chi connectivity index (χ0n) is 17.1. The smallest absolute Gasteiger partial charge is 0.116 e. The zero-order valence-corrected chi connectivity index (χ0v) is 17.1. The molecule has 140 valence electrons. The van der Waals surface area contributed by atoms with Crippen LogP contribution in [0, 0.1) is 0 Å². The monoisotopic (exact) mass is 359 g/mol. The molecule has 0 bridgehead atoms. The lowest BCUT2D eigenvalue weighted by Gasteiger charge is -2.47. The average Bonchev–Trinajstić information content (AvgIpc) is 2.65. The van der Waals surface area contributed by atoms with Gasteiger partial charge in [0.25, 0.3) is 0 Å². The number of fused-ring (bicyclic) bond motifs is 2. The Labute approximate surface area is 162 Å². The maximum absolute atomic E-state index is 5.27. The first-order valence-electron chi connectivity index (χ1n) is 9.92. The summed E-state index contributed by atoms with van der Waals surface area (Å²) in [5, 5.41) is 4.83. The van der Waals surface area contributed by atoms with Crippen LogP contribution in [0.1, 0.15) is 64.2 Å². The first-order valence-corrected chi connectivity index (χ1v) is 9.92. The predicted octanol–water partition coefficient (Wildman–Crippen LogP) is 5.18. The van der Waals surface area contributed by atoms with Gasteiger partial charge in [-0.15, -0.1) is 6.58 Å². The largest absolute Gasteiger partial charge is 0.307 e. The third-order valence-corrected chi connectivity index (χ3v) is 6.34. The fourth-order valence-electron chi connectivity index (χ4n) is 4.31. The first kappa shape index (κ1) is 18.0.